The second kappa shape index (κ2) is 6.88. The lowest BCUT2D eigenvalue weighted by molar-refractivity contribution is 0.161. The smallest absolute Gasteiger partial charge is 0.0666 e. The van der Waals surface area contributed by atoms with Gasteiger partial charge in [-0.25, -0.2) is 0 Å². The van der Waals surface area contributed by atoms with Crippen molar-refractivity contribution in [2.24, 2.45) is 11.8 Å². The molecule has 0 aliphatic carbocycles. The van der Waals surface area contributed by atoms with Crippen LogP contribution in [-0.2, 0) is 0 Å². The molecule has 1 saturated heterocycles. The summed E-state index contributed by atoms with van der Waals surface area (Å²) in [5.74, 6) is 0.904. The zero-order valence-corrected chi connectivity index (χ0v) is 10.9. The maximum atomic E-state index is 8.88. The van der Waals surface area contributed by atoms with Crippen LogP contribution >= 0.6 is 0 Å². The molecular weight excluding hydrogens is 198 g/mol. The third kappa shape index (κ3) is 4.51. The van der Waals surface area contributed by atoms with Crippen LogP contribution in [0.15, 0.2) is 0 Å². The minimum Gasteiger partial charge on any atom is -0.316 e. The Hall–Kier alpha value is -0.590. The summed E-state index contributed by atoms with van der Waals surface area (Å²) < 4.78 is 0. The Morgan fingerprint density at radius 3 is 2.69 bits per heavy atom. The van der Waals surface area contributed by atoms with E-state index in [-0.39, 0.29) is 5.92 Å². The highest BCUT2D eigenvalue weighted by atomic mass is 15.2. The van der Waals surface area contributed by atoms with Gasteiger partial charge in [0.25, 0.3) is 0 Å². The van der Waals surface area contributed by atoms with Crippen LogP contribution in [0.25, 0.3) is 0 Å². The predicted octanol–water partition coefficient (Wildman–Crippen LogP) is 1.86. The van der Waals surface area contributed by atoms with E-state index in [1.807, 2.05) is 6.92 Å². The van der Waals surface area contributed by atoms with Gasteiger partial charge in [0.05, 0.1) is 12.0 Å². The second-order valence-corrected chi connectivity index (χ2v) is 5.29. The van der Waals surface area contributed by atoms with E-state index in [9.17, 15) is 0 Å². The van der Waals surface area contributed by atoms with E-state index in [2.05, 4.69) is 30.1 Å². The fourth-order valence-electron chi connectivity index (χ4n) is 2.30. The number of hydrogen-bond donors (Lipinski definition) is 1. The predicted molar refractivity (Wildman–Crippen MR) is 67.1 cm³/mol. The van der Waals surface area contributed by atoms with Gasteiger partial charge >= 0.3 is 0 Å². The highest BCUT2D eigenvalue weighted by molar-refractivity contribution is 4.84. The Morgan fingerprint density at radius 2 is 2.19 bits per heavy atom. The molecule has 0 radical (unpaired) electrons. The van der Waals surface area contributed by atoms with E-state index in [1.54, 1.807) is 0 Å². The van der Waals surface area contributed by atoms with E-state index in [0.717, 1.165) is 25.6 Å². The molecule has 1 aliphatic heterocycles. The maximum Gasteiger partial charge on any atom is 0.0666 e. The second-order valence-electron chi connectivity index (χ2n) is 5.29. The molecular formula is C13H25N3. The Balaban J connectivity index is 2.40. The molecule has 1 fully saturated rings. The van der Waals surface area contributed by atoms with Gasteiger partial charge in [-0.2, -0.15) is 5.26 Å². The highest BCUT2D eigenvalue weighted by Gasteiger charge is 2.20. The molecule has 0 aromatic rings. The van der Waals surface area contributed by atoms with E-state index in [0.29, 0.717) is 6.04 Å². The largest absolute Gasteiger partial charge is 0.316 e. The van der Waals surface area contributed by atoms with Gasteiger partial charge in [-0.3, -0.25) is 4.90 Å². The summed E-state index contributed by atoms with van der Waals surface area (Å²) in [5, 5.41) is 12.3. The minimum absolute atomic E-state index is 0.138. The van der Waals surface area contributed by atoms with Crippen LogP contribution in [0.5, 0.6) is 0 Å². The number of nitriles is 1. The third-order valence-corrected chi connectivity index (χ3v) is 3.35. The molecule has 16 heavy (non-hydrogen) atoms. The quantitative estimate of drug-likeness (QED) is 0.773. The number of nitrogens with one attached hydrogen (secondary N) is 1. The lowest BCUT2D eigenvalue weighted by atomic mass is 9.98. The van der Waals surface area contributed by atoms with Crippen molar-refractivity contribution in [3.63, 3.8) is 0 Å². The van der Waals surface area contributed by atoms with Crippen LogP contribution in [0.2, 0.25) is 0 Å². The lowest BCUT2D eigenvalue weighted by Crippen LogP contribution is -2.42. The summed E-state index contributed by atoms with van der Waals surface area (Å²) in [7, 11) is 0. The molecule has 1 aliphatic rings. The molecule has 3 heteroatoms. The molecule has 0 spiro atoms. The topological polar surface area (TPSA) is 39.1 Å². The van der Waals surface area contributed by atoms with Gasteiger partial charge in [0, 0.05) is 19.1 Å². The van der Waals surface area contributed by atoms with Gasteiger partial charge in [-0.15, -0.1) is 0 Å². The third-order valence-electron chi connectivity index (χ3n) is 3.35. The summed E-state index contributed by atoms with van der Waals surface area (Å²) in [5.41, 5.74) is 0. The van der Waals surface area contributed by atoms with Crippen molar-refractivity contribution in [1.29, 1.82) is 5.26 Å². The summed E-state index contributed by atoms with van der Waals surface area (Å²) in [6.45, 7) is 10.8. The van der Waals surface area contributed by atoms with Crippen molar-refractivity contribution in [1.82, 2.24) is 10.2 Å². The van der Waals surface area contributed by atoms with Crippen LogP contribution in [0.3, 0.4) is 0 Å². The fraction of sp³-hybridized carbons (Fsp3) is 0.923. The van der Waals surface area contributed by atoms with Gasteiger partial charge in [-0.05, 0) is 52.6 Å². The maximum absolute atomic E-state index is 8.88. The molecule has 1 N–H and O–H groups in total. The molecule has 2 atom stereocenters. The molecule has 0 aromatic carbocycles. The first-order valence-electron chi connectivity index (χ1n) is 6.48. The number of rotatable bonds is 5. The Labute approximate surface area is 99.8 Å². The van der Waals surface area contributed by atoms with E-state index in [1.165, 1.54) is 19.4 Å². The van der Waals surface area contributed by atoms with Crippen LogP contribution in [0.4, 0.5) is 0 Å². The first kappa shape index (κ1) is 13.5. The molecule has 2 unspecified atom stereocenters. The summed E-state index contributed by atoms with van der Waals surface area (Å²) in [6.07, 6.45) is 2.63. The van der Waals surface area contributed by atoms with Crippen LogP contribution in [0.1, 0.15) is 33.6 Å². The monoisotopic (exact) mass is 223 g/mol. The molecule has 0 amide bonds. The van der Waals surface area contributed by atoms with Crippen LogP contribution in [0, 0.1) is 23.2 Å². The first-order chi connectivity index (χ1) is 7.63. The van der Waals surface area contributed by atoms with Crippen molar-refractivity contribution in [3.8, 4) is 6.07 Å². The average molecular weight is 223 g/mol. The lowest BCUT2D eigenvalue weighted by Gasteiger charge is -2.33. The van der Waals surface area contributed by atoms with Crippen LogP contribution in [-0.4, -0.2) is 37.1 Å². The summed E-state index contributed by atoms with van der Waals surface area (Å²) in [4.78, 5) is 2.45. The van der Waals surface area contributed by atoms with Crippen molar-refractivity contribution in [2.75, 3.05) is 26.2 Å². The van der Waals surface area contributed by atoms with Gasteiger partial charge in [0.15, 0.2) is 0 Å². The molecule has 1 rings (SSSR count). The van der Waals surface area contributed by atoms with Crippen molar-refractivity contribution >= 4 is 0 Å². The van der Waals surface area contributed by atoms with E-state index < -0.39 is 0 Å². The molecule has 1 heterocycles. The zero-order chi connectivity index (χ0) is 12.0. The molecule has 0 bridgehead atoms. The number of nitrogens with zero attached hydrogens (tertiary/aromatic N) is 2. The molecule has 3 nitrogen and oxygen atoms in total. The SMILES string of the molecule is CC(C#N)CN(CC1CCCNC1)C(C)C. The van der Waals surface area contributed by atoms with Crippen molar-refractivity contribution < 1.29 is 0 Å². The Kier molecular flexibility index (Phi) is 5.79. The van der Waals surface area contributed by atoms with Gasteiger partial charge in [-0.1, -0.05) is 0 Å². The molecule has 0 saturated carbocycles. The standard InChI is InChI=1S/C13H25N3/c1-11(2)16(9-12(3)7-14)10-13-5-4-6-15-8-13/h11-13,15H,4-6,8-10H2,1-3H3. The minimum atomic E-state index is 0.138. The summed E-state index contributed by atoms with van der Waals surface area (Å²) in [6, 6.07) is 2.87. The van der Waals surface area contributed by atoms with E-state index >= 15 is 0 Å². The van der Waals surface area contributed by atoms with Gasteiger partial charge in [0.1, 0.15) is 0 Å². The number of piperidine rings is 1. The fourth-order valence-corrected chi connectivity index (χ4v) is 2.30. The van der Waals surface area contributed by atoms with Gasteiger partial charge in [0.2, 0.25) is 0 Å². The zero-order valence-electron chi connectivity index (χ0n) is 10.9. The molecule has 0 aromatic heterocycles. The Morgan fingerprint density at radius 1 is 1.44 bits per heavy atom. The van der Waals surface area contributed by atoms with Crippen molar-refractivity contribution in [3.05, 3.63) is 0 Å². The number of hydrogen-bond acceptors (Lipinski definition) is 3. The Bertz CT molecular complexity index is 226. The first-order valence-corrected chi connectivity index (χ1v) is 6.48. The summed E-state index contributed by atoms with van der Waals surface area (Å²) >= 11 is 0. The normalized spacial score (nSPS) is 23.4. The average Bonchev–Trinajstić information content (AvgIpc) is 2.29. The van der Waals surface area contributed by atoms with Crippen molar-refractivity contribution in [2.45, 2.75) is 39.7 Å². The van der Waals surface area contributed by atoms with Gasteiger partial charge < -0.3 is 5.32 Å². The van der Waals surface area contributed by atoms with Crippen LogP contribution < -0.4 is 5.32 Å². The highest BCUT2D eigenvalue weighted by Crippen LogP contribution is 2.14. The van der Waals surface area contributed by atoms with E-state index in [4.69, 9.17) is 5.26 Å². The molecule has 92 valence electrons.